The monoisotopic (exact) mass is 472 g/mol. The zero-order valence-corrected chi connectivity index (χ0v) is 17.4. The maximum atomic E-state index is 14.3. The largest absolute Gasteiger partial charge is 0.365 e. The Bertz CT molecular complexity index is 1180. The summed E-state index contributed by atoms with van der Waals surface area (Å²) in [6.07, 6.45) is -5.12. The fourth-order valence-corrected chi connectivity index (χ4v) is 3.40. The SMILES string of the molecule is Cc1nnn(-c2ccc(Cl)cc2F)c1Cn1ncc(N2CC(OC(F)C(F)F)C2)cc1=O. The quantitative estimate of drug-likeness (QED) is 0.492. The third kappa shape index (κ3) is 4.46. The lowest BCUT2D eigenvalue weighted by Gasteiger charge is -2.40. The summed E-state index contributed by atoms with van der Waals surface area (Å²) in [4.78, 5) is 14.2. The summed E-state index contributed by atoms with van der Waals surface area (Å²) < 4.78 is 58.8. The molecule has 0 bridgehead atoms. The molecular weight excluding hydrogens is 456 g/mol. The molecular formula is C19H17ClF4N6O2. The van der Waals surface area contributed by atoms with Crippen molar-refractivity contribution in [2.24, 2.45) is 0 Å². The highest BCUT2D eigenvalue weighted by Crippen LogP contribution is 2.23. The van der Waals surface area contributed by atoms with Gasteiger partial charge in [0.1, 0.15) is 11.5 Å². The van der Waals surface area contributed by atoms with Gasteiger partial charge < -0.3 is 9.64 Å². The predicted octanol–water partition coefficient (Wildman–Crippen LogP) is 2.74. The maximum Gasteiger partial charge on any atom is 0.293 e. The molecule has 1 unspecified atom stereocenters. The van der Waals surface area contributed by atoms with Gasteiger partial charge in [0.25, 0.3) is 18.3 Å². The Balaban J connectivity index is 1.49. The first-order chi connectivity index (χ1) is 15.2. The van der Waals surface area contributed by atoms with E-state index in [2.05, 4.69) is 20.1 Å². The van der Waals surface area contributed by atoms with E-state index in [1.54, 1.807) is 11.8 Å². The van der Waals surface area contributed by atoms with Gasteiger partial charge in [-0.25, -0.2) is 26.9 Å². The van der Waals surface area contributed by atoms with Crippen molar-refractivity contribution in [1.29, 1.82) is 0 Å². The number of benzene rings is 1. The van der Waals surface area contributed by atoms with E-state index in [1.165, 1.54) is 29.1 Å². The molecule has 0 radical (unpaired) electrons. The van der Waals surface area contributed by atoms with Crippen LogP contribution in [0.15, 0.2) is 35.3 Å². The molecule has 1 aliphatic heterocycles. The molecule has 1 aliphatic rings. The average Bonchev–Trinajstić information content (AvgIpc) is 3.06. The number of aromatic nitrogens is 5. The van der Waals surface area contributed by atoms with E-state index in [4.69, 9.17) is 11.6 Å². The van der Waals surface area contributed by atoms with Crippen LogP contribution in [0.4, 0.5) is 23.2 Å². The molecule has 1 fully saturated rings. The fraction of sp³-hybridized carbons (Fsp3) is 0.368. The van der Waals surface area contributed by atoms with Crippen LogP contribution in [-0.4, -0.2) is 56.8 Å². The fourth-order valence-electron chi connectivity index (χ4n) is 3.24. The van der Waals surface area contributed by atoms with Crippen LogP contribution in [0, 0.1) is 12.7 Å². The van der Waals surface area contributed by atoms with Crippen molar-refractivity contribution in [3.05, 3.63) is 63.0 Å². The van der Waals surface area contributed by atoms with Crippen molar-refractivity contribution in [3.63, 3.8) is 0 Å². The molecule has 0 aliphatic carbocycles. The van der Waals surface area contributed by atoms with Gasteiger partial charge in [-0.2, -0.15) is 5.10 Å². The Labute approximate surface area is 184 Å². The minimum absolute atomic E-state index is 0.0241. The smallest absolute Gasteiger partial charge is 0.293 e. The Hall–Kier alpha value is -2.99. The topological polar surface area (TPSA) is 78.1 Å². The molecule has 13 heteroatoms. The summed E-state index contributed by atoms with van der Waals surface area (Å²) in [5.41, 5.74) is 1.06. The summed E-state index contributed by atoms with van der Waals surface area (Å²) in [6, 6.07) is 5.42. The van der Waals surface area contributed by atoms with Gasteiger partial charge in [0.05, 0.1) is 35.9 Å². The van der Waals surface area contributed by atoms with E-state index in [-0.39, 0.29) is 30.3 Å². The maximum absolute atomic E-state index is 14.3. The van der Waals surface area contributed by atoms with Gasteiger partial charge in [0.2, 0.25) is 0 Å². The highest BCUT2D eigenvalue weighted by atomic mass is 35.5. The molecule has 1 atom stereocenters. The van der Waals surface area contributed by atoms with Crippen molar-refractivity contribution >= 4 is 17.3 Å². The van der Waals surface area contributed by atoms with Crippen LogP contribution in [0.25, 0.3) is 5.69 Å². The molecule has 0 amide bonds. The Morgan fingerprint density at radius 3 is 2.66 bits per heavy atom. The van der Waals surface area contributed by atoms with Crippen molar-refractivity contribution in [3.8, 4) is 5.69 Å². The number of rotatable bonds is 7. The summed E-state index contributed by atoms with van der Waals surface area (Å²) in [6.45, 7) is 1.96. The van der Waals surface area contributed by atoms with Crippen LogP contribution in [0.1, 0.15) is 11.4 Å². The molecule has 3 aromatic rings. The Morgan fingerprint density at radius 2 is 2.00 bits per heavy atom. The number of aryl methyl sites for hydroxylation is 1. The normalized spacial score (nSPS) is 15.3. The highest BCUT2D eigenvalue weighted by molar-refractivity contribution is 6.30. The molecule has 170 valence electrons. The lowest BCUT2D eigenvalue weighted by molar-refractivity contribution is -0.162. The van der Waals surface area contributed by atoms with Crippen molar-refractivity contribution < 1.29 is 22.3 Å². The molecule has 3 heterocycles. The molecule has 0 spiro atoms. The van der Waals surface area contributed by atoms with Crippen LogP contribution in [0.2, 0.25) is 5.02 Å². The van der Waals surface area contributed by atoms with E-state index < -0.39 is 30.3 Å². The second-order valence-electron chi connectivity index (χ2n) is 7.19. The third-order valence-corrected chi connectivity index (χ3v) is 5.22. The molecule has 4 rings (SSSR count). The van der Waals surface area contributed by atoms with E-state index in [9.17, 15) is 22.4 Å². The lowest BCUT2D eigenvalue weighted by Crippen LogP contribution is -2.54. The van der Waals surface area contributed by atoms with Gasteiger partial charge in [-0.15, -0.1) is 5.10 Å². The second-order valence-corrected chi connectivity index (χ2v) is 7.62. The van der Waals surface area contributed by atoms with Crippen molar-refractivity contribution in [2.75, 3.05) is 18.0 Å². The van der Waals surface area contributed by atoms with E-state index in [1.807, 2.05) is 0 Å². The third-order valence-electron chi connectivity index (χ3n) is 4.98. The molecule has 2 aromatic heterocycles. The van der Waals surface area contributed by atoms with Gasteiger partial charge >= 0.3 is 0 Å². The van der Waals surface area contributed by atoms with E-state index >= 15 is 0 Å². The highest BCUT2D eigenvalue weighted by Gasteiger charge is 2.33. The lowest BCUT2D eigenvalue weighted by atomic mass is 10.1. The van der Waals surface area contributed by atoms with Crippen molar-refractivity contribution in [2.45, 2.75) is 32.4 Å². The number of ether oxygens (including phenoxy) is 1. The summed E-state index contributed by atoms with van der Waals surface area (Å²) >= 11 is 5.80. The summed E-state index contributed by atoms with van der Waals surface area (Å²) in [5.74, 6) is -0.601. The van der Waals surface area contributed by atoms with Crippen LogP contribution in [0.5, 0.6) is 0 Å². The minimum atomic E-state index is -3.21. The first-order valence-corrected chi connectivity index (χ1v) is 9.87. The van der Waals surface area contributed by atoms with Gasteiger partial charge in [0.15, 0.2) is 0 Å². The average molecular weight is 473 g/mol. The molecule has 8 nitrogen and oxygen atoms in total. The molecule has 1 saturated heterocycles. The predicted molar refractivity (Wildman–Crippen MR) is 107 cm³/mol. The zero-order chi connectivity index (χ0) is 23.0. The number of alkyl halides is 3. The Morgan fingerprint density at radius 1 is 1.25 bits per heavy atom. The first kappa shape index (κ1) is 22.2. The number of nitrogens with zero attached hydrogens (tertiary/aromatic N) is 6. The zero-order valence-electron chi connectivity index (χ0n) is 16.6. The Kier molecular flexibility index (Phi) is 6.15. The molecule has 1 aromatic carbocycles. The number of anilines is 1. The van der Waals surface area contributed by atoms with E-state index in [0.717, 1.165) is 10.7 Å². The van der Waals surface area contributed by atoms with Crippen molar-refractivity contribution in [1.82, 2.24) is 24.8 Å². The van der Waals surface area contributed by atoms with E-state index in [0.29, 0.717) is 17.1 Å². The van der Waals surface area contributed by atoms with Crippen LogP contribution < -0.4 is 10.5 Å². The summed E-state index contributed by atoms with van der Waals surface area (Å²) in [5, 5.41) is 12.3. The second kappa shape index (κ2) is 8.87. The summed E-state index contributed by atoms with van der Waals surface area (Å²) in [7, 11) is 0. The number of halogens is 5. The minimum Gasteiger partial charge on any atom is -0.365 e. The van der Waals surface area contributed by atoms with Crippen LogP contribution >= 0.6 is 11.6 Å². The first-order valence-electron chi connectivity index (χ1n) is 9.49. The van der Waals surface area contributed by atoms with Crippen LogP contribution in [-0.2, 0) is 11.3 Å². The van der Waals surface area contributed by atoms with Crippen LogP contribution in [0.3, 0.4) is 0 Å². The molecule has 0 N–H and O–H groups in total. The van der Waals surface area contributed by atoms with Gasteiger partial charge in [-0.1, -0.05) is 16.8 Å². The van der Waals surface area contributed by atoms with Gasteiger partial charge in [-0.05, 0) is 25.1 Å². The molecule has 32 heavy (non-hydrogen) atoms. The number of hydrogen-bond acceptors (Lipinski definition) is 6. The van der Waals surface area contributed by atoms with Gasteiger partial charge in [0, 0.05) is 24.2 Å². The number of hydrogen-bond donors (Lipinski definition) is 0. The van der Waals surface area contributed by atoms with Gasteiger partial charge in [-0.3, -0.25) is 4.79 Å². The standard InChI is InChI=1S/C19H17ClF4N6O2/c1-10-16(30(27-26-10)15-3-2-11(20)4-14(15)21)9-29-17(31)5-12(6-25-29)28-7-13(8-28)32-19(24)18(22)23/h2-6,13,18-19H,7-9H2,1H3. The molecule has 0 saturated carbocycles.